The van der Waals surface area contributed by atoms with Gasteiger partial charge >= 0.3 is 5.97 Å². The number of thiocarbonyl (C=S) groups is 1. The minimum atomic E-state index is -0.464. The summed E-state index contributed by atoms with van der Waals surface area (Å²) >= 11 is 8.15. The number of anilines is 1. The van der Waals surface area contributed by atoms with Crippen LogP contribution in [0.2, 0.25) is 0 Å². The lowest BCUT2D eigenvalue weighted by Gasteiger charge is -2.09. The van der Waals surface area contributed by atoms with E-state index < -0.39 is 11.9 Å². The molecule has 1 aromatic carbocycles. The van der Waals surface area contributed by atoms with Gasteiger partial charge in [0.25, 0.3) is 5.91 Å². The van der Waals surface area contributed by atoms with Crippen LogP contribution in [0.15, 0.2) is 45.5 Å². The number of hydrogen-bond donors (Lipinski definition) is 2. The normalized spacial score (nSPS) is 9.91. The second kappa shape index (κ2) is 7.19. The van der Waals surface area contributed by atoms with Gasteiger partial charge in [0.1, 0.15) is 0 Å². The minimum absolute atomic E-state index is 0.114. The predicted molar refractivity (Wildman–Crippen MR) is 87.9 cm³/mol. The van der Waals surface area contributed by atoms with Gasteiger partial charge in [0, 0.05) is 5.69 Å². The molecule has 1 heterocycles. The van der Waals surface area contributed by atoms with Crippen LogP contribution < -0.4 is 10.6 Å². The zero-order valence-corrected chi connectivity index (χ0v) is 13.8. The number of furan rings is 1. The zero-order valence-electron chi connectivity index (χ0n) is 11.4. The summed E-state index contributed by atoms with van der Waals surface area (Å²) in [5.74, 6) is -0.753. The zero-order chi connectivity index (χ0) is 16.1. The Hall–Kier alpha value is -2.19. The lowest BCUT2D eigenvalue weighted by Crippen LogP contribution is -2.33. The van der Waals surface area contributed by atoms with Crippen molar-refractivity contribution in [2.45, 2.75) is 0 Å². The maximum absolute atomic E-state index is 11.8. The van der Waals surface area contributed by atoms with Crippen LogP contribution in [0.1, 0.15) is 20.9 Å². The van der Waals surface area contributed by atoms with Crippen LogP contribution in [-0.4, -0.2) is 24.1 Å². The van der Waals surface area contributed by atoms with Crippen molar-refractivity contribution in [3.8, 4) is 0 Å². The van der Waals surface area contributed by atoms with Crippen molar-refractivity contribution in [3.05, 3.63) is 52.4 Å². The highest BCUT2D eigenvalue weighted by molar-refractivity contribution is 9.10. The lowest BCUT2D eigenvalue weighted by molar-refractivity contribution is 0.0600. The van der Waals surface area contributed by atoms with Gasteiger partial charge in [-0.25, -0.2) is 4.79 Å². The fourth-order valence-electron chi connectivity index (χ4n) is 1.57. The average molecular weight is 383 g/mol. The summed E-state index contributed by atoms with van der Waals surface area (Å²) in [7, 11) is 1.31. The number of hydrogen-bond acceptors (Lipinski definition) is 5. The molecule has 0 saturated carbocycles. The summed E-state index contributed by atoms with van der Waals surface area (Å²) in [6, 6.07) is 9.59. The van der Waals surface area contributed by atoms with Crippen LogP contribution in [0.4, 0.5) is 5.69 Å². The summed E-state index contributed by atoms with van der Waals surface area (Å²) in [4.78, 5) is 23.1. The number of carbonyl (C=O) groups excluding carboxylic acids is 2. The Morgan fingerprint density at radius 1 is 1.18 bits per heavy atom. The highest BCUT2D eigenvalue weighted by atomic mass is 79.9. The molecule has 114 valence electrons. The van der Waals surface area contributed by atoms with Crippen molar-refractivity contribution < 1.29 is 18.7 Å². The summed E-state index contributed by atoms with van der Waals surface area (Å²) < 4.78 is 10.2. The van der Waals surface area contributed by atoms with Gasteiger partial charge in [0.2, 0.25) is 0 Å². The second-order valence-corrected chi connectivity index (χ2v) is 5.27. The van der Waals surface area contributed by atoms with Crippen molar-refractivity contribution in [2.24, 2.45) is 0 Å². The number of methoxy groups -OCH3 is 1. The van der Waals surface area contributed by atoms with Crippen LogP contribution in [0.25, 0.3) is 0 Å². The third-order valence-electron chi connectivity index (χ3n) is 2.59. The summed E-state index contributed by atoms with van der Waals surface area (Å²) in [6.07, 6.45) is 0. The van der Waals surface area contributed by atoms with Gasteiger partial charge in [0.15, 0.2) is 15.5 Å². The first-order valence-corrected chi connectivity index (χ1v) is 7.26. The first kappa shape index (κ1) is 16.2. The fourth-order valence-corrected chi connectivity index (χ4v) is 2.09. The lowest BCUT2D eigenvalue weighted by atomic mass is 10.2. The molecule has 0 atom stereocenters. The van der Waals surface area contributed by atoms with E-state index in [2.05, 4.69) is 31.3 Å². The number of esters is 1. The Labute approximate surface area is 140 Å². The average Bonchev–Trinajstić information content (AvgIpc) is 2.94. The Morgan fingerprint density at radius 3 is 2.41 bits per heavy atom. The van der Waals surface area contributed by atoms with Crippen molar-refractivity contribution in [1.29, 1.82) is 0 Å². The fraction of sp³-hybridized carbons (Fsp3) is 0.0714. The standard InChI is InChI=1S/C14H11BrN2O4S/c1-20-13(19)8-2-4-9(5-3-8)16-14(22)17-12(18)10-6-7-11(15)21-10/h2-7H,1H3,(H2,16,17,18,22). The third-order valence-corrected chi connectivity index (χ3v) is 3.22. The van der Waals surface area contributed by atoms with E-state index in [1.807, 2.05) is 0 Å². The first-order valence-electron chi connectivity index (χ1n) is 6.05. The number of amides is 1. The SMILES string of the molecule is COC(=O)c1ccc(NC(=S)NC(=O)c2ccc(Br)o2)cc1. The molecule has 0 spiro atoms. The maximum Gasteiger partial charge on any atom is 0.337 e. The van der Waals surface area contributed by atoms with E-state index in [9.17, 15) is 9.59 Å². The molecule has 22 heavy (non-hydrogen) atoms. The highest BCUT2D eigenvalue weighted by Gasteiger charge is 2.12. The van der Waals surface area contributed by atoms with E-state index >= 15 is 0 Å². The van der Waals surface area contributed by atoms with Gasteiger partial charge in [-0.1, -0.05) is 0 Å². The molecule has 1 aromatic heterocycles. The molecule has 0 aliphatic rings. The first-order chi connectivity index (χ1) is 10.5. The van der Waals surface area contributed by atoms with Crippen molar-refractivity contribution in [2.75, 3.05) is 12.4 Å². The topological polar surface area (TPSA) is 80.6 Å². The van der Waals surface area contributed by atoms with Crippen LogP contribution in [0, 0.1) is 0 Å². The molecule has 2 N–H and O–H groups in total. The molecule has 6 nitrogen and oxygen atoms in total. The molecule has 0 radical (unpaired) electrons. The van der Waals surface area contributed by atoms with E-state index in [0.29, 0.717) is 15.9 Å². The largest absolute Gasteiger partial charge is 0.465 e. The molecule has 0 saturated heterocycles. The van der Waals surface area contributed by atoms with Gasteiger partial charge in [-0.15, -0.1) is 0 Å². The monoisotopic (exact) mass is 382 g/mol. The number of halogens is 1. The number of nitrogens with one attached hydrogen (secondary N) is 2. The van der Waals surface area contributed by atoms with Gasteiger partial charge in [-0.3, -0.25) is 10.1 Å². The molecule has 0 unspecified atom stereocenters. The molecule has 2 aromatic rings. The predicted octanol–water partition coefficient (Wildman–Crippen LogP) is 2.96. The van der Waals surface area contributed by atoms with Gasteiger partial charge < -0.3 is 14.5 Å². The molecule has 0 aliphatic carbocycles. The quantitative estimate of drug-likeness (QED) is 0.627. The Balaban J connectivity index is 1.94. The molecule has 0 bridgehead atoms. The third kappa shape index (κ3) is 4.15. The van der Waals surface area contributed by atoms with Crippen molar-refractivity contribution in [3.63, 3.8) is 0 Å². The van der Waals surface area contributed by atoms with E-state index in [1.165, 1.54) is 13.2 Å². The smallest absolute Gasteiger partial charge is 0.337 e. The molecule has 2 rings (SSSR count). The van der Waals surface area contributed by atoms with Crippen LogP contribution in [0.5, 0.6) is 0 Å². The molecular formula is C14H11BrN2O4S. The van der Waals surface area contributed by atoms with Gasteiger partial charge in [-0.05, 0) is 64.5 Å². The molecule has 0 aliphatic heterocycles. The molecule has 8 heteroatoms. The second-order valence-electron chi connectivity index (χ2n) is 4.08. The van der Waals surface area contributed by atoms with Crippen molar-refractivity contribution >= 4 is 50.8 Å². The summed E-state index contributed by atoms with van der Waals surface area (Å²) in [5.41, 5.74) is 1.04. The highest BCUT2D eigenvalue weighted by Crippen LogP contribution is 2.14. The number of carbonyl (C=O) groups is 2. The number of ether oxygens (including phenoxy) is 1. The summed E-state index contributed by atoms with van der Waals surface area (Å²) in [5, 5.41) is 5.42. The van der Waals surface area contributed by atoms with Crippen LogP contribution in [-0.2, 0) is 4.74 Å². The molecule has 0 fully saturated rings. The Bertz CT molecular complexity index is 712. The number of benzene rings is 1. The minimum Gasteiger partial charge on any atom is -0.465 e. The maximum atomic E-state index is 11.8. The van der Waals surface area contributed by atoms with Crippen molar-refractivity contribution in [1.82, 2.24) is 5.32 Å². The molecule has 1 amide bonds. The molecular weight excluding hydrogens is 372 g/mol. The Morgan fingerprint density at radius 2 is 1.86 bits per heavy atom. The van der Waals surface area contributed by atoms with Gasteiger partial charge in [0.05, 0.1) is 12.7 Å². The van der Waals surface area contributed by atoms with Gasteiger partial charge in [-0.2, -0.15) is 0 Å². The van der Waals surface area contributed by atoms with Crippen LogP contribution >= 0.6 is 28.1 Å². The van der Waals surface area contributed by atoms with E-state index in [0.717, 1.165) is 0 Å². The van der Waals surface area contributed by atoms with E-state index in [4.69, 9.17) is 16.6 Å². The van der Waals surface area contributed by atoms with E-state index in [1.54, 1.807) is 30.3 Å². The number of rotatable bonds is 3. The van der Waals surface area contributed by atoms with Crippen LogP contribution in [0.3, 0.4) is 0 Å². The summed E-state index contributed by atoms with van der Waals surface area (Å²) in [6.45, 7) is 0. The van der Waals surface area contributed by atoms with E-state index in [-0.39, 0.29) is 10.9 Å². The Kier molecular flexibility index (Phi) is 5.29.